The fourth-order valence-electron chi connectivity index (χ4n) is 1.79. The van der Waals surface area contributed by atoms with Crippen LogP contribution in [0.2, 0.25) is 0 Å². The molecule has 1 unspecified atom stereocenters. The Labute approximate surface area is 94.8 Å². The summed E-state index contributed by atoms with van der Waals surface area (Å²) in [4.78, 5) is 20.1. The molecule has 0 saturated carbocycles. The van der Waals surface area contributed by atoms with Crippen LogP contribution in [0.15, 0.2) is 23.5 Å². The van der Waals surface area contributed by atoms with Gasteiger partial charge in [-0.25, -0.2) is 0 Å². The minimum absolute atomic E-state index is 0.00747. The number of hydrogen-bond acceptors (Lipinski definition) is 3. The number of amidine groups is 1. The van der Waals surface area contributed by atoms with Gasteiger partial charge in [0.1, 0.15) is 11.9 Å². The predicted molar refractivity (Wildman–Crippen MR) is 62.3 cm³/mol. The number of aromatic nitrogens is 1. The fraction of sp³-hybridized carbons (Fsp3) is 0.417. The standard InChI is InChI=1S/C12H15N3O/c1-3-4-10-12(16)15-11(14-10)9-5-6-13-7-8(9)2/h5-7,10H,3-4H2,1-2H3,(H,14,15,16). The van der Waals surface area contributed by atoms with E-state index >= 15 is 0 Å². The van der Waals surface area contributed by atoms with Gasteiger partial charge in [-0.2, -0.15) is 0 Å². The summed E-state index contributed by atoms with van der Waals surface area (Å²) >= 11 is 0. The molecular weight excluding hydrogens is 202 g/mol. The van der Waals surface area contributed by atoms with Gasteiger partial charge in [-0.3, -0.25) is 14.8 Å². The molecule has 1 N–H and O–H groups in total. The Morgan fingerprint density at radius 1 is 1.50 bits per heavy atom. The molecule has 16 heavy (non-hydrogen) atoms. The predicted octanol–water partition coefficient (Wildman–Crippen LogP) is 1.44. The normalized spacial score (nSPS) is 19.5. The Bertz CT molecular complexity index is 440. The van der Waals surface area contributed by atoms with Crippen molar-refractivity contribution in [1.29, 1.82) is 0 Å². The number of nitrogens with zero attached hydrogens (tertiary/aromatic N) is 2. The number of hydrogen-bond donors (Lipinski definition) is 1. The molecular formula is C12H15N3O. The molecule has 0 saturated heterocycles. The lowest BCUT2D eigenvalue weighted by Crippen LogP contribution is -2.29. The highest BCUT2D eigenvalue weighted by molar-refractivity contribution is 6.14. The molecule has 1 aromatic heterocycles. The summed E-state index contributed by atoms with van der Waals surface area (Å²) in [5.41, 5.74) is 1.99. The third kappa shape index (κ3) is 1.96. The maximum atomic E-state index is 11.6. The van der Waals surface area contributed by atoms with Gasteiger partial charge in [0.25, 0.3) is 0 Å². The lowest BCUT2D eigenvalue weighted by atomic mass is 10.1. The molecule has 1 amide bonds. The third-order valence-electron chi connectivity index (χ3n) is 2.67. The molecule has 1 aliphatic heterocycles. The van der Waals surface area contributed by atoms with Gasteiger partial charge >= 0.3 is 0 Å². The first-order chi connectivity index (χ1) is 7.72. The number of amides is 1. The Morgan fingerprint density at radius 2 is 2.31 bits per heavy atom. The molecule has 2 rings (SSSR count). The van der Waals surface area contributed by atoms with E-state index in [2.05, 4.69) is 22.2 Å². The van der Waals surface area contributed by atoms with E-state index in [0.717, 1.165) is 24.0 Å². The molecule has 0 bridgehead atoms. The Hall–Kier alpha value is -1.71. The van der Waals surface area contributed by atoms with Crippen molar-refractivity contribution in [2.45, 2.75) is 32.7 Å². The summed E-state index contributed by atoms with van der Waals surface area (Å²) in [5.74, 6) is 0.691. The molecule has 0 aliphatic carbocycles. The average Bonchev–Trinajstić information content (AvgIpc) is 2.61. The molecule has 0 aromatic carbocycles. The van der Waals surface area contributed by atoms with Gasteiger partial charge in [-0.05, 0) is 25.0 Å². The number of carbonyl (C=O) groups excluding carboxylic acids is 1. The van der Waals surface area contributed by atoms with Gasteiger partial charge in [0.05, 0.1) is 0 Å². The van der Waals surface area contributed by atoms with Gasteiger partial charge in [0.15, 0.2) is 0 Å². The number of pyridine rings is 1. The molecule has 0 fully saturated rings. The van der Waals surface area contributed by atoms with E-state index < -0.39 is 0 Å². The van der Waals surface area contributed by atoms with Crippen LogP contribution in [0.5, 0.6) is 0 Å². The Balaban J connectivity index is 2.27. The van der Waals surface area contributed by atoms with E-state index in [4.69, 9.17) is 0 Å². The number of aryl methyl sites for hydroxylation is 1. The average molecular weight is 217 g/mol. The molecule has 84 valence electrons. The minimum atomic E-state index is -0.215. The van der Waals surface area contributed by atoms with Crippen molar-refractivity contribution in [3.63, 3.8) is 0 Å². The quantitative estimate of drug-likeness (QED) is 0.832. The number of nitrogens with one attached hydrogen (secondary N) is 1. The number of aliphatic imine (C=N–C) groups is 1. The van der Waals surface area contributed by atoms with Crippen LogP contribution in [0.1, 0.15) is 30.9 Å². The minimum Gasteiger partial charge on any atom is -0.309 e. The van der Waals surface area contributed by atoms with Gasteiger partial charge in [-0.1, -0.05) is 13.3 Å². The summed E-state index contributed by atoms with van der Waals surface area (Å²) in [5, 5.41) is 2.83. The Kier molecular flexibility index (Phi) is 2.99. The Morgan fingerprint density at radius 3 is 3.00 bits per heavy atom. The van der Waals surface area contributed by atoms with Crippen molar-refractivity contribution in [3.05, 3.63) is 29.6 Å². The summed E-state index contributed by atoms with van der Waals surface area (Å²) < 4.78 is 0. The summed E-state index contributed by atoms with van der Waals surface area (Å²) in [6, 6.07) is 1.66. The van der Waals surface area contributed by atoms with Gasteiger partial charge in [-0.15, -0.1) is 0 Å². The lowest BCUT2D eigenvalue weighted by Gasteiger charge is -2.03. The van der Waals surface area contributed by atoms with Gasteiger partial charge < -0.3 is 5.32 Å². The molecule has 0 spiro atoms. The molecule has 0 radical (unpaired) electrons. The first kappa shape index (κ1) is 10.8. The molecule has 4 heteroatoms. The lowest BCUT2D eigenvalue weighted by molar-refractivity contribution is -0.120. The summed E-state index contributed by atoms with van der Waals surface area (Å²) in [7, 11) is 0. The van der Waals surface area contributed by atoms with Crippen LogP contribution in [0, 0.1) is 6.92 Å². The fourth-order valence-corrected chi connectivity index (χ4v) is 1.79. The van der Waals surface area contributed by atoms with E-state index in [1.165, 1.54) is 0 Å². The summed E-state index contributed by atoms with van der Waals surface area (Å²) in [6.45, 7) is 4.02. The number of carbonyl (C=O) groups is 1. The molecule has 2 heterocycles. The van der Waals surface area contributed by atoms with E-state index in [1.807, 2.05) is 13.0 Å². The first-order valence-corrected chi connectivity index (χ1v) is 5.52. The highest BCUT2D eigenvalue weighted by Gasteiger charge is 2.26. The second-order valence-corrected chi connectivity index (χ2v) is 3.96. The highest BCUT2D eigenvalue weighted by Crippen LogP contribution is 2.14. The van der Waals surface area contributed by atoms with Crippen LogP contribution in [-0.4, -0.2) is 22.8 Å². The van der Waals surface area contributed by atoms with Crippen molar-refractivity contribution in [2.24, 2.45) is 4.99 Å². The zero-order valence-electron chi connectivity index (χ0n) is 9.53. The van der Waals surface area contributed by atoms with Crippen LogP contribution >= 0.6 is 0 Å². The van der Waals surface area contributed by atoms with Crippen LogP contribution in [0.25, 0.3) is 0 Å². The summed E-state index contributed by atoms with van der Waals surface area (Å²) in [6.07, 6.45) is 5.25. The number of rotatable bonds is 3. The van der Waals surface area contributed by atoms with Gasteiger partial charge in [0, 0.05) is 18.0 Å². The first-order valence-electron chi connectivity index (χ1n) is 5.52. The second-order valence-electron chi connectivity index (χ2n) is 3.96. The van der Waals surface area contributed by atoms with Crippen LogP contribution < -0.4 is 5.32 Å². The largest absolute Gasteiger partial charge is 0.309 e. The zero-order chi connectivity index (χ0) is 11.5. The highest BCUT2D eigenvalue weighted by atomic mass is 16.2. The molecule has 1 aromatic rings. The van der Waals surface area contributed by atoms with Crippen molar-refractivity contribution >= 4 is 11.7 Å². The maximum absolute atomic E-state index is 11.6. The van der Waals surface area contributed by atoms with Crippen LogP contribution in [0.4, 0.5) is 0 Å². The van der Waals surface area contributed by atoms with Crippen LogP contribution in [0.3, 0.4) is 0 Å². The monoisotopic (exact) mass is 217 g/mol. The zero-order valence-corrected chi connectivity index (χ0v) is 9.53. The van der Waals surface area contributed by atoms with E-state index in [9.17, 15) is 4.79 Å². The van der Waals surface area contributed by atoms with Crippen molar-refractivity contribution < 1.29 is 4.79 Å². The molecule has 1 aliphatic rings. The topological polar surface area (TPSA) is 54.4 Å². The van der Waals surface area contributed by atoms with E-state index in [0.29, 0.717) is 5.84 Å². The van der Waals surface area contributed by atoms with E-state index in [-0.39, 0.29) is 11.9 Å². The van der Waals surface area contributed by atoms with Gasteiger partial charge in [0.2, 0.25) is 5.91 Å². The third-order valence-corrected chi connectivity index (χ3v) is 2.67. The van der Waals surface area contributed by atoms with Crippen molar-refractivity contribution in [3.8, 4) is 0 Å². The van der Waals surface area contributed by atoms with Crippen molar-refractivity contribution in [1.82, 2.24) is 10.3 Å². The second kappa shape index (κ2) is 4.43. The van der Waals surface area contributed by atoms with E-state index in [1.54, 1.807) is 12.4 Å². The molecule has 1 atom stereocenters. The smallest absolute Gasteiger partial charge is 0.250 e. The molecule has 4 nitrogen and oxygen atoms in total. The van der Waals surface area contributed by atoms with Crippen LogP contribution in [-0.2, 0) is 4.79 Å². The SMILES string of the molecule is CCCC1N=C(c2ccncc2C)NC1=O. The van der Waals surface area contributed by atoms with Crippen molar-refractivity contribution in [2.75, 3.05) is 0 Å². The maximum Gasteiger partial charge on any atom is 0.250 e.